The number of ether oxygens (including phenoxy) is 1. The van der Waals surface area contributed by atoms with Gasteiger partial charge in [0.05, 0.1) is 0 Å². The van der Waals surface area contributed by atoms with Crippen LogP contribution in [-0.4, -0.2) is 12.5 Å². The highest BCUT2D eigenvalue weighted by atomic mass is 16.5. The molecule has 0 saturated heterocycles. The maximum atomic E-state index is 12.1. The molecule has 3 nitrogen and oxygen atoms in total. The van der Waals surface area contributed by atoms with Crippen molar-refractivity contribution >= 4 is 17.7 Å². The number of benzene rings is 2. The quantitative estimate of drug-likeness (QED) is 0.859. The highest BCUT2D eigenvalue weighted by Crippen LogP contribution is 2.26. The predicted octanol–water partition coefficient (Wildman–Crippen LogP) is 4.22. The van der Waals surface area contributed by atoms with E-state index < -0.39 is 0 Å². The molecule has 0 unspecified atom stereocenters. The molecule has 0 saturated carbocycles. The number of aryl methyl sites for hydroxylation is 1. The molecule has 2 aromatic carbocycles. The summed E-state index contributed by atoms with van der Waals surface area (Å²) in [4.78, 5) is 12.1. The van der Waals surface area contributed by atoms with E-state index in [9.17, 15) is 4.79 Å². The number of hydrogen-bond acceptors (Lipinski definition) is 2. The Kier molecular flexibility index (Phi) is 4.57. The minimum atomic E-state index is -0.134. The number of fused-ring (bicyclic) bond motifs is 1. The SMILES string of the molecule is CCc1ccccc1NC(=O)C=CC1=Cc2ccccc2OC1. The average Bonchev–Trinajstić information content (AvgIpc) is 2.60. The third-order valence-corrected chi connectivity index (χ3v) is 3.76. The average molecular weight is 305 g/mol. The van der Waals surface area contributed by atoms with Gasteiger partial charge in [-0.05, 0) is 35.8 Å². The van der Waals surface area contributed by atoms with Crippen LogP contribution in [0.15, 0.2) is 66.3 Å². The van der Waals surface area contributed by atoms with Gasteiger partial charge in [0.1, 0.15) is 12.4 Å². The molecule has 0 aromatic heterocycles. The number of nitrogens with one attached hydrogen (secondary N) is 1. The fourth-order valence-corrected chi connectivity index (χ4v) is 2.54. The van der Waals surface area contributed by atoms with Crippen LogP contribution in [0.5, 0.6) is 5.75 Å². The predicted molar refractivity (Wildman–Crippen MR) is 93.5 cm³/mol. The van der Waals surface area contributed by atoms with E-state index in [1.165, 1.54) is 0 Å². The van der Waals surface area contributed by atoms with Gasteiger partial charge in [0.25, 0.3) is 0 Å². The highest BCUT2D eigenvalue weighted by molar-refractivity contribution is 6.00. The summed E-state index contributed by atoms with van der Waals surface area (Å²) in [6, 6.07) is 15.7. The van der Waals surface area contributed by atoms with Crippen molar-refractivity contribution in [2.24, 2.45) is 0 Å². The van der Waals surface area contributed by atoms with Gasteiger partial charge in [-0.2, -0.15) is 0 Å². The number of anilines is 1. The van der Waals surface area contributed by atoms with Crippen molar-refractivity contribution in [3.8, 4) is 5.75 Å². The van der Waals surface area contributed by atoms with Crippen LogP contribution in [0.4, 0.5) is 5.69 Å². The summed E-state index contributed by atoms with van der Waals surface area (Å²) < 4.78 is 5.67. The van der Waals surface area contributed by atoms with Crippen molar-refractivity contribution in [3.63, 3.8) is 0 Å². The molecule has 1 N–H and O–H groups in total. The van der Waals surface area contributed by atoms with Crippen molar-refractivity contribution in [2.75, 3.05) is 11.9 Å². The molecule has 23 heavy (non-hydrogen) atoms. The third kappa shape index (κ3) is 3.69. The maximum absolute atomic E-state index is 12.1. The van der Waals surface area contributed by atoms with Crippen LogP contribution in [0.25, 0.3) is 6.08 Å². The number of amides is 1. The third-order valence-electron chi connectivity index (χ3n) is 3.76. The summed E-state index contributed by atoms with van der Waals surface area (Å²) in [5, 5.41) is 2.93. The van der Waals surface area contributed by atoms with Crippen LogP contribution < -0.4 is 10.1 Å². The summed E-state index contributed by atoms with van der Waals surface area (Å²) in [5.74, 6) is 0.747. The van der Waals surface area contributed by atoms with E-state index in [1.54, 1.807) is 12.2 Å². The Morgan fingerprint density at radius 1 is 1.17 bits per heavy atom. The van der Waals surface area contributed by atoms with Crippen molar-refractivity contribution in [2.45, 2.75) is 13.3 Å². The second kappa shape index (κ2) is 6.97. The molecular weight excluding hydrogens is 286 g/mol. The highest BCUT2D eigenvalue weighted by Gasteiger charge is 2.09. The molecule has 0 fully saturated rings. The first-order valence-corrected chi connectivity index (χ1v) is 7.75. The van der Waals surface area contributed by atoms with E-state index >= 15 is 0 Å². The van der Waals surface area contributed by atoms with Crippen LogP contribution in [0.1, 0.15) is 18.1 Å². The monoisotopic (exact) mass is 305 g/mol. The topological polar surface area (TPSA) is 38.3 Å². The number of carbonyl (C=O) groups is 1. The van der Waals surface area contributed by atoms with Gasteiger partial charge in [0, 0.05) is 17.3 Å². The van der Waals surface area contributed by atoms with Crippen molar-refractivity contribution < 1.29 is 9.53 Å². The molecule has 1 amide bonds. The van der Waals surface area contributed by atoms with Gasteiger partial charge in [-0.25, -0.2) is 0 Å². The van der Waals surface area contributed by atoms with E-state index in [2.05, 4.69) is 12.2 Å². The van der Waals surface area contributed by atoms with Crippen LogP contribution >= 0.6 is 0 Å². The second-order valence-electron chi connectivity index (χ2n) is 5.38. The van der Waals surface area contributed by atoms with E-state index in [-0.39, 0.29) is 5.91 Å². The van der Waals surface area contributed by atoms with Gasteiger partial charge >= 0.3 is 0 Å². The fourth-order valence-electron chi connectivity index (χ4n) is 2.54. The van der Waals surface area contributed by atoms with Gasteiger partial charge in [-0.1, -0.05) is 49.4 Å². The lowest BCUT2D eigenvalue weighted by molar-refractivity contribution is -0.111. The number of hydrogen-bond donors (Lipinski definition) is 1. The second-order valence-corrected chi connectivity index (χ2v) is 5.38. The molecule has 0 spiro atoms. The van der Waals surface area contributed by atoms with E-state index in [0.717, 1.165) is 34.6 Å². The summed E-state index contributed by atoms with van der Waals surface area (Å²) >= 11 is 0. The lowest BCUT2D eigenvalue weighted by atomic mass is 10.1. The van der Waals surface area contributed by atoms with Gasteiger partial charge in [0.15, 0.2) is 0 Å². The Balaban J connectivity index is 1.69. The van der Waals surface area contributed by atoms with Crippen molar-refractivity contribution in [1.29, 1.82) is 0 Å². The number of carbonyl (C=O) groups excluding carboxylic acids is 1. The van der Waals surface area contributed by atoms with E-state index in [4.69, 9.17) is 4.74 Å². The lowest BCUT2D eigenvalue weighted by Gasteiger charge is -2.15. The molecule has 2 aromatic rings. The smallest absolute Gasteiger partial charge is 0.248 e. The van der Waals surface area contributed by atoms with Crippen LogP contribution in [0, 0.1) is 0 Å². The summed E-state index contributed by atoms with van der Waals surface area (Å²) in [6.45, 7) is 2.55. The number of para-hydroxylation sites is 2. The van der Waals surface area contributed by atoms with Crippen LogP contribution in [0.2, 0.25) is 0 Å². The molecule has 1 aliphatic rings. The normalized spacial score (nSPS) is 13.2. The molecule has 0 atom stereocenters. The molecule has 0 radical (unpaired) electrons. The first-order valence-electron chi connectivity index (χ1n) is 7.75. The molecule has 3 heteroatoms. The summed E-state index contributed by atoms with van der Waals surface area (Å²) in [7, 11) is 0. The first kappa shape index (κ1) is 15.1. The largest absolute Gasteiger partial charge is 0.488 e. The molecule has 0 bridgehead atoms. The zero-order chi connectivity index (χ0) is 16.1. The number of rotatable bonds is 4. The minimum Gasteiger partial charge on any atom is -0.488 e. The fraction of sp³-hybridized carbons (Fsp3) is 0.150. The maximum Gasteiger partial charge on any atom is 0.248 e. The summed E-state index contributed by atoms with van der Waals surface area (Å²) in [6.07, 6.45) is 6.29. The minimum absolute atomic E-state index is 0.134. The summed E-state index contributed by atoms with van der Waals surface area (Å²) in [5.41, 5.74) is 4.00. The van der Waals surface area contributed by atoms with E-state index in [0.29, 0.717) is 6.61 Å². The molecule has 1 heterocycles. The van der Waals surface area contributed by atoms with Crippen LogP contribution in [0.3, 0.4) is 0 Å². The van der Waals surface area contributed by atoms with Gasteiger partial charge < -0.3 is 10.1 Å². The molecule has 1 aliphatic heterocycles. The molecule has 116 valence electrons. The Morgan fingerprint density at radius 2 is 1.96 bits per heavy atom. The lowest BCUT2D eigenvalue weighted by Crippen LogP contribution is -2.11. The molecule has 3 rings (SSSR count). The Bertz CT molecular complexity index is 775. The Morgan fingerprint density at radius 3 is 2.83 bits per heavy atom. The van der Waals surface area contributed by atoms with Crippen molar-refractivity contribution in [1.82, 2.24) is 0 Å². The molecule has 0 aliphatic carbocycles. The van der Waals surface area contributed by atoms with E-state index in [1.807, 2.05) is 54.6 Å². The zero-order valence-corrected chi connectivity index (χ0v) is 13.1. The van der Waals surface area contributed by atoms with Gasteiger partial charge in [-0.15, -0.1) is 0 Å². The van der Waals surface area contributed by atoms with Gasteiger partial charge in [0.2, 0.25) is 5.91 Å². The first-order chi connectivity index (χ1) is 11.3. The van der Waals surface area contributed by atoms with Gasteiger partial charge in [-0.3, -0.25) is 4.79 Å². The Hall–Kier alpha value is -2.81. The zero-order valence-electron chi connectivity index (χ0n) is 13.1. The van der Waals surface area contributed by atoms with Crippen molar-refractivity contribution in [3.05, 3.63) is 77.4 Å². The van der Waals surface area contributed by atoms with Crippen LogP contribution in [-0.2, 0) is 11.2 Å². The molecular formula is C20H19NO2. The standard InChI is InChI=1S/C20H19NO2/c1-2-16-7-3-5-9-18(16)21-20(22)12-11-15-13-17-8-4-6-10-19(17)23-14-15/h3-13H,2,14H2,1H3,(H,21,22). The Labute approximate surface area is 136 Å².